The first-order chi connectivity index (χ1) is 10.2. The van der Waals surface area contributed by atoms with Crippen LogP contribution in [0.3, 0.4) is 0 Å². The van der Waals surface area contributed by atoms with Crippen LogP contribution in [0.25, 0.3) is 10.9 Å². The molecule has 0 saturated heterocycles. The highest BCUT2D eigenvalue weighted by molar-refractivity contribution is 5.86. The van der Waals surface area contributed by atoms with Gasteiger partial charge in [-0.05, 0) is 60.8 Å². The lowest BCUT2D eigenvalue weighted by atomic mass is 9.89. The third-order valence-electron chi connectivity index (χ3n) is 4.51. The predicted octanol–water partition coefficient (Wildman–Crippen LogP) is 5.06. The van der Waals surface area contributed by atoms with Gasteiger partial charge in [0.2, 0.25) is 0 Å². The van der Waals surface area contributed by atoms with Gasteiger partial charge in [0.05, 0.1) is 5.52 Å². The number of aromatic nitrogens is 1. The van der Waals surface area contributed by atoms with Crippen molar-refractivity contribution in [2.75, 3.05) is 11.9 Å². The van der Waals surface area contributed by atoms with Crippen molar-refractivity contribution in [1.82, 2.24) is 4.98 Å². The molecule has 1 aliphatic rings. The highest BCUT2D eigenvalue weighted by Gasteiger charge is 2.16. The molecule has 1 N–H and O–H groups in total. The van der Waals surface area contributed by atoms with Crippen LogP contribution in [0.15, 0.2) is 18.2 Å². The molecular weight excluding hydrogens is 256 g/mol. The lowest BCUT2D eigenvalue weighted by Gasteiger charge is -2.20. The van der Waals surface area contributed by atoms with Crippen LogP contribution in [0.2, 0.25) is 0 Å². The van der Waals surface area contributed by atoms with E-state index in [9.17, 15) is 0 Å². The molecule has 0 fully saturated rings. The number of fused-ring (bicyclic) bond motifs is 3. The quantitative estimate of drug-likeness (QED) is 0.848. The minimum atomic E-state index is 0.497. The summed E-state index contributed by atoms with van der Waals surface area (Å²) in [5.74, 6) is 1.59. The number of hydrogen-bond donors (Lipinski definition) is 1. The Hall–Kier alpha value is -1.57. The van der Waals surface area contributed by atoms with E-state index < -0.39 is 0 Å². The average molecular weight is 282 g/mol. The molecule has 1 aromatic carbocycles. The first-order valence-electron chi connectivity index (χ1n) is 8.40. The summed E-state index contributed by atoms with van der Waals surface area (Å²) < 4.78 is 0. The summed E-state index contributed by atoms with van der Waals surface area (Å²) in [6, 6.07) is 6.93. The highest BCUT2D eigenvalue weighted by Crippen LogP contribution is 2.32. The summed E-state index contributed by atoms with van der Waals surface area (Å²) in [6.45, 7) is 7.69. The molecule has 0 amide bonds. The minimum absolute atomic E-state index is 0.497. The second-order valence-corrected chi connectivity index (χ2v) is 6.49. The maximum atomic E-state index is 5.04. The standard InChI is InChI=1S/C19H26N2/c1-4-11-20-19-17(13(2)3)12-15-10-9-14-7-5-6-8-16(14)18(15)21-19/h9-10,12-13H,4-8,11H2,1-3H3,(H,20,21). The van der Waals surface area contributed by atoms with E-state index >= 15 is 0 Å². The Morgan fingerprint density at radius 1 is 1.19 bits per heavy atom. The fourth-order valence-electron chi connectivity index (χ4n) is 3.31. The third kappa shape index (κ3) is 2.76. The number of benzene rings is 1. The van der Waals surface area contributed by atoms with E-state index in [1.54, 1.807) is 0 Å². The molecule has 21 heavy (non-hydrogen) atoms. The van der Waals surface area contributed by atoms with Crippen LogP contribution < -0.4 is 5.32 Å². The molecule has 1 heterocycles. The maximum absolute atomic E-state index is 5.04. The van der Waals surface area contributed by atoms with Gasteiger partial charge in [-0.2, -0.15) is 0 Å². The second kappa shape index (κ2) is 6.05. The van der Waals surface area contributed by atoms with Crippen molar-refractivity contribution in [3.63, 3.8) is 0 Å². The van der Waals surface area contributed by atoms with Gasteiger partial charge >= 0.3 is 0 Å². The molecule has 0 atom stereocenters. The molecule has 0 spiro atoms. The first-order valence-corrected chi connectivity index (χ1v) is 8.40. The molecule has 0 unspecified atom stereocenters. The Labute approximate surface area is 128 Å². The summed E-state index contributed by atoms with van der Waals surface area (Å²) >= 11 is 0. The van der Waals surface area contributed by atoms with Gasteiger partial charge in [0.25, 0.3) is 0 Å². The van der Waals surface area contributed by atoms with Gasteiger partial charge in [0.15, 0.2) is 0 Å². The second-order valence-electron chi connectivity index (χ2n) is 6.49. The van der Waals surface area contributed by atoms with Gasteiger partial charge in [0.1, 0.15) is 5.82 Å². The fourth-order valence-corrected chi connectivity index (χ4v) is 3.31. The van der Waals surface area contributed by atoms with E-state index in [0.29, 0.717) is 5.92 Å². The number of anilines is 1. The predicted molar refractivity (Wildman–Crippen MR) is 91.3 cm³/mol. The van der Waals surface area contributed by atoms with E-state index in [0.717, 1.165) is 18.8 Å². The molecule has 0 bridgehead atoms. The van der Waals surface area contributed by atoms with Crippen LogP contribution in [-0.4, -0.2) is 11.5 Å². The van der Waals surface area contributed by atoms with Crippen molar-refractivity contribution in [3.8, 4) is 0 Å². The number of rotatable bonds is 4. The van der Waals surface area contributed by atoms with Crippen molar-refractivity contribution in [2.45, 2.75) is 58.8 Å². The lowest BCUT2D eigenvalue weighted by Crippen LogP contribution is -2.09. The Kier molecular flexibility index (Phi) is 4.14. The Balaban J connectivity index is 2.16. The zero-order valence-corrected chi connectivity index (χ0v) is 13.5. The SMILES string of the molecule is CCCNc1nc2c3c(ccc2cc1C(C)C)CCCC3. The number of aryl methyl sites for hydroxylation is 2. The summed E-state index contributed by atoms with van der Waals surface area (Å²) in [5.41, 5.74) is 5.58. The van der Waals surface area contributed by atoms with Crippen LogP contribution in [0.1, 0.15) is 62.6 Å². The van der Waals surface area contributed by atoms with E-state index in [2.05, 4.69) is 44.3 Å². The van der Waals surface area contributed by atoms with Crippen molar-refractivity contribution in [2.24, 2.45) is 0 Å². The summed E-state index contributed by atoms with van der Waals surface area (Å²) in [6.07, 6.45) is 6.16. The number of hydrogen-bond acceptors (Lipinski definition) is 2. The number of nitrogens with one attached hydrogen (secondary N) is 1. The zero-order valence-electron chi connectivity index (χ0n) is 13.5. The molecule has 2 heteroatoms. The van der Waals surface area contributed by atoms with Gasteiger partial charge < -0.3 is 5.32 Å². The average Bonchev–Trinajstić information content (AvgIpc) is 2.51. The molecule has 112 valence electrons. The van der Waals surface area contributed by atoms with E-state index in [-0.39, 0.29) is 0 Å². The number of pyridine rings is 1. The van der Waals surface area contributed by atoms with E-state index in [1.165, 1.54) is 53.3 Å². The van der Waals surface area contributed by atoms with Crippen LogP contribution in [0, 0.1) is 0 Å². The monoisotopic (exact) mass is 282 g/mol. The summed E-state index contributed by atoms with van der Waals surface area (Å²) in [7, 11) is 0. The molecule has 3 rings (SSSR count). The van der Waals surface area contributed by atoms with Crippen molar-refractivity contribution < 1.29 is 0 Å². The smallest absolute Gasteiger partial charge is 0.130 e. The Morgan fingerprint density at radius 2 is 2.00 bits per heavy atom. The van der Waals surface area contributed by atoms with E-state index in [1.807, 2.05) is 0 Å². The molecule has 2 aromatic rings. The van der Waals surface area contributed by atoms with Crippen LogP contribution in [0.4, 0.5) is 5.82 Å². The largest absolute Gasteiger partial charge is 0.370 e. The molecule has 1 aromatic heterocycles. The summed E-state index contributed by atoms with van der Waals surface area (Å²) in [5, 5.41) is 4.84. The van der Waals surface area contributed by atoms with Gasteiger partial charge in [-0.15, -0.1) is 0 Å². The molecule has 0 saturated carbocycles. The lowest BCUT2D eigenvalue weighted by molar-refractivity contribution is 0.689. The topological polar surface area (TPSA) is 24.9 Å². The maximum Gasteiger partial charge on any atom is 0.130 e. The van der Waals surface area contributed by atoms with Gasteiger partial charge in [-0.25, -0.2) is 4.98 Å². The molecule has 2 nitrogen and oxygen atoms in total. The van der Waals surface area contributed by atoms with Crippen LogP contribution >= 0.6 is 0 Å². The fraction of sp³-hybridized carbons (Fsp3) is 0.526. The normalized spacial score (nSPS) is 14.5. The molecule has 1 aliphatic carbocycles. The van der Waals surface area contributed by atoms with E-state index in [4.69, 9.17) is 4.98 Å². The minimum Gasteiger partial charge on any atom is -0.370 e. The highest BCUT2D eigenvalue weighted by atomic mass is 15.0. The molecule has 0 radical (unpaired) electrons. The van der Waals surface area contributed by atoms with Gasteiger partial charge in [-0.3, -0.25) is 0 Å². The van der Waals surface area contributed by atoms with Crippen LogP contribution in [0.5, 0.6) is 0 Å². The molecular formula is C19H26N2. The molecule has 0 aliphatic heterocycles. The van der Waals surface area contributed by atoms with Gasteiger partial charge in [-0.1, -0.05) is 32.9 Å². The van der Waals surface area contributed by atoms with Crippen LogP contribution in [-0.2, 0) is 12.8 Å². The van der Waals surface area contributed by atoms with Gasteiger partial charge in [0, 0.05) is 11.9 Å². The van der Waals surface area contributed by atoms with Crippen molar-refractivity contribution >= 4 is 16.7 Å². The summed E-state index contributed by atoms with van der Waals surface area (Å²) in [4.78, 5) is 5.04. The Bertz CT molecular complexity index is 644. The zero-order chi connectivity index (χ0) is 14.8. The first kappa shape index (κ1) is 14.4. The van der Waals surface area contributed by atoms with Crippen molar-refractivity contribution in [3.05, 3.63) is 34.9 Å². The third-order valence-corrected chi connectivity index (χ3v) is 4.51. The number of nitrogens with zero attached hydrogens (tertiary/aromatic N) is 1. The Morgan fingerprint density at radius 3 is 2.76 bits per heavy atom. The van der Waals surface area contributed by atoms with Crippen molar-refractivity contribution in [1.29, 1.82) is 0 Å².